The van der Waals surface area contributed by atoms with E-state index in [-0.39, 0.29) is 6.04 Å². The summed E-state index contributed by atoms with van der Waals surface area (Å²) in [5, 5.41) is 7.74. The Labute approximate surface area is 123 Å². The molecule has 2 heterocycles. The molecule has 0 aliphatic carbocycles. The predicted octanol–water partition coefficient (Wildman–Crippen LogP) is 2.28. The number of para-hydroxylation sites is 1. The van der Waals surface area contributed by atoms with Crippen molar-refractivity contribution in [1.29, 1.82) is 0 Å². The molecule has 0 radical (unpaired) electrons. The average Bonchev–Trinajstić information content (AvgIpc) is 2.98. The Morgan fingerprint density at radius 3 is 2.57 bits per heavy atom. The normalized spacial score (nSPS) is 12.3. The highest BCUT2D eigenvalue weighted by atomic mass is 15.3. The zero-order valence-electron chi connectivity index (χ0n) is 12.1. The molecule has 5 nitrogen and oxygen atoms in total. The lowest BCUT2D eigenvalue weighted by atomic mass is 10.1. The van der Waals surface area contributed by atoms with Crippen molar-refractivity contribution in [3.8, 4) is 5.69 Å². The van der Waals surface area contributed by atoms with Crippen LogP contribution in [0.15, 0.2) is 54.9 Å². The first-order valence-electron chi connectivity index (χ1n) is 6.86. The molecule has 106 valence electrons. The highest BCUT2D eigenvalue weighted by Gasteiger charge is 2.18. The minimum atomic E-state index is -0.0330. The fraction of sp³-hybridized carbons (Fsp3) is 0.188. The molecule has 0 aliphatic rings. The van der Waals surface area contributed by atoms with Gasteiger partial charge >= 0.3 is 0 Å². The molecule has 5 heteroatoms. The summed E-state index contributed by atoms with van der Waals surface area (Å²) in [6, 6.07) is 14.0. The van der Waals surface area contributed by atoms with Crippen LogP contribution in [-0.2, 0) is 0 Å². The van der Waals surface area contributed by atoms with Gasteiger partial charge in [-0.1, -0.05) is 18.2 Å². The SMILES string of the molecule is CNC(c1ccnc(C)n1)c1ccnn1-c1ccccc1. The van der Waals surface area contributed by atoms with Crippen LogP contribution in [0.25, 0.3) is 5.69 Å². The molecule has 2 aromatic heterocycles. The highest BCUT2D eigenvalue weighted by molar-refractivity contribution is 5.35. The van der Waals surface area contributed by atoms with Crippen LogP contribution in [0.1, 0.15) is 23.3 Å². The molecular formula is C16H17N5. The summed E-state index contributed by atoms with van der Waals surface area (Å²) in [4.78, 5) is 8.68. The van der Waals surface area contributed by atoms with Gasteiger partial charge in [0.1, 0.15) is 5.82 Å². The van der Waals surface area contributed by atoms with E-state index in [9.17, 15) is 0 Å². The zero-order valence-corrected chi connectivity index (χ0v) is 12.1. The Bertz CT molecular complexity index is 720. The van der Waals surface area contributed by atoms with Gasteiger partial charge in [-0.3, -0.25) is 0 Å². The van der Waals surface area contributed by atoms with E-state index in [4.69, 9.17) is 0 Å². The zero-order chi connectivity index (χ0) is 14.7. The lowest BCUT2D eigenvalue weighted by molar-refractivity contribution is 0.618. The van der Waals surface area contributed by atoms with Crippen LogP contribution in [0.3, 0.4) is 0 Å². The average molecular weight is 279 g/mol. The Balaban J connectivity index is 2.05. The molecule has 1 aromatic carbocycles. The fourth-order valence-electron chi connectivity index (χ4n) is 2.40. The summed E-state index contributed by atoms with van der Waals surface area (Å²) in [7, 11) is 1.92. The Morgan fingerprint density at radius 1 is 1.05 bits per heavy atom. The Hall–Kier alpha value is -2.53. The summed E-state index contributed by atoms with van der Waals surface area (Å²) in [5.41, 5.74) is 3.01. The van der Waals surface area contributed by atoms with Crippen LogP contribution in [0.5, 0.6) is 0 Å². The molecule has 0 saturated carbocycles. The number of hydrogen-bond donors (Lipinski definition) is 1. The summed E-state index contributed by atoms with van der Waals surface area (Å²) >= 11 is 0. The van der Waals surface area contributed by atoms with Crippen molar-refractivity contribution < 1.29 is 0 Å². The second kappa shape index (κ2) is 5.85. The first-order chi connectivity index (χ1) is 10.3. The van der Waals surface area contributed by atoms with Gasteiger partial charge in [0.25, 0.3) is 0 Å². The number of aryl methyl sites for hydroxylation is 1. The third-order valence-corrected chi connectivity index (χ3v) is 3.35. The molecule has 1 atom stereocenters. The first kappa shape index (κ1) is 13.5. The van der Waals surface area contributed by atoms with Gasteiger partial charge in [-0.15, -0.1) is 0 Å². The molecule has 21 heavy (non-hydrogen) atoms. The number of benzene rings is 1. The fourth-order valence-corrected chi connectivity index (χ4v) is 2.40. The maximum atomic E-state index is 4.52. The Kier molecular flexibility index (Phi) is 3.75. The minimum Gasteiger partial charge on any atom is -0.307 e. The van der Waals surface area contributed by atoms with Crippen LogP contribution in [0, 0.1) is 6.92 Å². The van der Waals surface area contributed by atoms with Gasteiger partial charge in [-0.25, -0.2) is 14.6 Å². The van der Waals surface area contributed by atoms with Gasteiger partial charge in [0, 0.05) is 12.4 Å². The van der Waals surface area contributed by atoms with Gasteiger partial charge in [-0.2, -0.15) is 5.10 Å². The number of rotatable bonds is 4. The largest absolute Gasteiger partial charge is 0.307 e. The van der Waals surface area contributed by atoms with Crippen molar-refractivity contribution in [2.75, 3.05) is 7.05 Å². The lowest BCUT2D eigenvalue weighted by Gasteiger charge is -2.17. The number of nitrogens with zero attached hydrogens (tertiary/aromatic N) is 4. The molecule has 0 aliphatic heterocycles. The molecule has 1 N–H and O–H groups in total. The Morgan fingerprint density at radius 2 is 1.86 bits per heavy atom. The van der Waals surface area contributed by atoms with Crippen LogP contribution in [-0.4, -0.2) is 26.8 Å². The summed E-state index contributed by atoms with van der Waals surface area (Å²) in [6.45, 7) is 1.89. The summed E-state index contributed by atoms with van der Waals surface area (Å²) < 4.78 is 1.93. The monoisotopic (exact) mass is 279 g/mol. The topological polar surface area (TPSA) is 55.6 Å². The van der Waals surface area contributed by atoms with Gasteiger partial charge in [0.05, 0.1) is 23.1 Å². The minimum absolute atomic E-state index is 0.0330. The van der Waals surface area contributed by atoms with Crippen LogP contribution < -0.4 is 5.32 Å². The molecule has 0 amide bonds. The van der Waals surface area contributed by atoms with Crippen LogP contribution >= 0.6 is 0 Å². The molecule has 0 bridgehead atoms. The van der Waals surface area contributed by atoms with Crippen molar-refractivity contribution in [1.82, 2.24) is 25.1 Å². The number of nitrogens with one attached hydrogen (secondary N) is 1. The predicted molar refractivity (Wildman–Crippen MR) is 81.2 cm³/mol. The van der Waals surface area contributed by atoms with E-state index >= 15 is 0 Å². The third kappa shape index (κ3) is 2.68. The van der Waals surface area contributed by atoms with Crippen molar-refractivity contribution in [3.63, 3.8) is 0 Å². The second-order valence-corrected chi connectivity index (χ2v) is 4.75. The molecular weight excluding hydrogens is 262 g/mol. The van der Waals surface area contributed by atoms with Gasteiger partial charge < -0.3 is 5.32 Å². The maximum absolute atomic E-state index is 4.52. The summed E-state index contributed by atoms with van der Waals surface area (Å²) in [5.74, 6) is 0.763. The third-order valence-electron chi connectivity index (χ3n) is 3.35. The van der Waals surface area contributed by atoms with E-state index in [2.05, 4.69) is 20.4 Å². The van der Waals surface area contributed by atoms with E-state index in [0.29, 0.717) is 0 Å². The molecule has 1 unspecified atom stereocenters. The van der Waals surface area contributed by atoms with Crippen molar-refractivity contribution in [2.24, 2.45) is 0 Å². The van der Waals surface area contributed by atoms with Gasteiger partial charge in [0.15, 0.2) is 0 Å². The van der Waals surface area contributed by atoms with E-state index in [1.807, 2.05) is 61.1 Å². The van der Waals surface area contributed by atoms with Crippen molar-refractivity contribution in [2.45, 2.75) is 13.0 Å². The number of hydrogen-bond acceptors (Lipinski definition) is 4. The van der Waals surface area contributed by atoms with E-state index < -0.39 is 0 Å². The quantitative estimate of drug-likeness (QED) is 0.796. The standard InChI is InChI=1S/C16H17N5/c1-12-18-10-8-14(20-12)16(17-2)15-9-11-19-21(15)13-6-4-3-5-7-13/h3-11,16-17H,1-2H3. The van der Waals surface area contributed by atoms with Crippen LogP contribution in [0.4, 0.5) is 0 Å². The van der Waals surface area contributed by atoms with Crippen molar-refractivity contribution >= 4 is 0 Å². The highest BCUT2D eigenvalue weighted by Crippen LogP contribution is 2.22. The number of aromatic nitrogens is 4. The van der Waals surface area contributed by atoms with E-state index in [1.54, 1.807) is 12.4 Å². The second-order valence-electron chi connectivity index (χ2n) is 4.75. The molecule has 3 rings (SSSR count). The van der Waals surface area contributed by atoms with Crippen molar-refractivity contribution in [3.05, 3.63) is 72.1 Å². The smallest absolute Gasteiger partial charge is 0.125 e. The summed E-state index contributed by atoms with van der Waals surface area (Å²) in [6.07, 6.45) is 3.59. The maximum Gasteiger partial charge on any atom is 0.125 e. The molecule has 3 aromatic rings. The molecule has 0 saturated heterocycles. The molecule has 0 fully saturated rings. The van der Waals surface area contributed by atoms with E-state index in [1.165, 1.54) is 0 Å². The first-order valence-corrected chi connectivity index (χ1v) is 6.86. The van der Waals surface area contributed by atoms with Gasteiger partial charge in [-0.05, 0) is 38.2 Å². The van der Waals surface area contributed by atoms with Crippen LogP contribution in [0.2, 0.25) is 0 Å². The molecule has 0 spiro atoms. The van der Waals surface area contributed by atoms with Gasteiger partial charge in [0.2, 0.25) is 0 Å². The van der Waals surface area contributed by atoms with E-state index in [0.717, 1.165) is 22.9 Å². The lowest BCUT2D eigenvalue weighted by Crippen LogP contribution is -2.22.